The molecule has 3 rings (SSSR count). The summed E-state index contributed by atoms with van der Waals surface area (Å²) in [7, 11) is 0. The van der Waals surface area contributed by atoms with E-state index in [2.05, 4.69) is 9.98 Å². The highest BCUT2D eigenvalue weighted by Crippen LogP contribution is 2.34. The number of esters is 1. The van der Waals surface area contributed by atoms with Crippen LogP contribution in [0, 0.1) is 5.92 Å². The van der Waals surface area contributed by atoms with Crippen molar-refractivity contribution in [1.29, 1.82) is 0 Å². The quantitative estimate of drug-likeness (QED) is 0.206. The number of hydrogen-bond donors (Lipinski definition) is 2. The van der Waals surface area contributed by atoms with Crippen molar-refractivity contribution in [2.75, 3.05) is 19.7 Å². The Morgan fingerprint density at radius 2 is 1.86 bits per heavy atom. The maximum absolute atomic E-state index is 14.4. The van der Waals surface area contributed by atoms with Gasteiger partial charge in [-0.25, -0.2) is 0 Å². The topological polar surface area (TPSA) is 127 Å². The first kappa shape index (κ1) is 34.1. The van der Waals surface area contributed by atoms with Gasteiger partial charge in [0.05, 0.1) is 58.5 Å². The number of amides is 1. The van der Waals surface area contributed by atoms with E-state index in [4.69, 9.17) is 38.4 Å². The fourth-order valence-corrected chi connectivity index (χ4v) is 5.95. The number of pyridine rings is 1. The summed E-state index contributed by atoms with van der Waals surface area (Å²) in [6.07, 6.45) is -1.57. The summed E-state index contributed by atoms with van der Waals surface area (Å²) >= 11 is 12.4. The lowest BCUT2D eigenvalue weighted by atomic mass is 9.86. The highest BCUT2D eigenvalue weighted by Gasteiger charge is 2.43. The number of carbonyl (C=O) groups excluding carboxylic acids is 2. The zero-order chi connectivity index (χ0) is 31.2. The van der Waals surface area contributed by atoms with Gasteiger partial charge in [0, 0.05) is 30.7 Å². The third-order valence-electron chi connectivity index (χ3n) is 7.43. The Hall–Kier alpha value is -2.41. The Morgan fingerprint density at radius 1 is 1.24 bits per heavy atom. The van der Waals surface area contributed by atoms with Crippen LogP contribution in [0.2, 0.25) is 10.0 Å². The predicted molar refractivity (Wildman–Crippen MR) is 152 cm³/mol. The van der Waals surface area contributed by atoms with Gasteiger partial charge in [0.2, 0.25) is 0 Å². The van der Waals surface area contributed by atoms with Crippen LogP contribution in [0.1, 0.15) is 71.0 Å². The first-order chi connectivity index (χ1) is 19.7. The minimum atomic E-state index is -5.01. The summed E-state index contributed by atoms with van der Waals surface area (Å²) < 4.78 is 54.2. The molecule has 9 nitrogen and oxygen atoms in total. The zero-order valence-corrected chi connectivity index (χ0v) is 25.3. The molecular weight excluding hydrogens is 600 g/mol. The maximum Gasteiger partial charge on any atom is 0.433 e. The normalized spacial score (nSPS) is 23.9. The van der Waals surface area contributed by atoms with Crippen LogP contribution in [-0.2, 0) is 19.1 Å². The fraction of sp³-hybridized carbons (Fsp3) is 0.643. The van der Waals surface area contributed by atoms with Crippen molar-refractivity contribution in [2.45, 2.75) is 89.3 Å². The molecule has 1 aliphatic carbocycles. The largest absolute Gasteiger partial charge is 0.466 e. The Bertz CT molecular complexity index is 1170. The summed E-state index contributed by atoms with van der Waals surface area (Å²) in [6, 6.07) is -0.775. The van der Waals surface area contributed by atoms with E-state index in [1.54, 1.807) is 6.92 Å². The molecule has 1 saturated heterocycles. The van der Waals surface area contributed by atoms with Gasteiger partial charge in [0.25, 0.3) is 5.91 Å². The number of hydrogen-bond acceptors (Lipinski definition) is 8. The lowest BCUT2D eigenvalue weighted by Gasteiger charge is -2.31. The molecule has 2 aliphatic rings. The molecule has 2 heterocycles. The fourth-order valence-electron chi connectivity index (χ4n) is 5.33. The van der Waals surface area contributed by atoms with Crippen LogP contribution >= 0.6 is 23.2 Å². The number of aliphatic imine (C=N–C) groups is 1. The van der Waals surface area contributed by atoms with E-state index in [-0.39, 0.29) is 47.6 Å². The standard InChI is InChI=1S/C28H37Cl2F3N4O5/c1-4-41-26(40)16-5-7-17(8-6-16)36-24(28(31,32)33)19(11-34)25(39)37(14-18-9-10-27(2,3)42-18)15-22(38)23-20(29)12-35-13-21(23)30/h11-13,16-18,22,38H,4-10,14-15,34H2,1-3H3/t16?,17?,18-,22?/m1/s1. The molecule has 2 atom stereocenters. The maximum atomic E-state index is 14.4. The molecule has 1 aromatic rings. The Morgan fingerprint density at radius 3 is 2.36 bits per heavy atom. The van der Waals surface area contributed by atoms with Gasteiger partial charge in [0.1, 0.15) is 0 Å². The van der Waals surface area contributed by atoms with Crippen LogP contribution in [0.15, 0.2) is 29.2 Å². The van der Waals surface area contributed by atoms with Crippen molar-refractivity contribution in [3.05, 3.63) is 39.8 Å². The minimum Gasteiger partial charge on any atom is -0.466 e. The lowest BCUT2D eigenvalue weighted by molar-refractivity contribution is -0.149. The molecule has 2 fully saturated rings. The molecule has 1 amide bonds. The number of ether oxygens (including phenoxy) is 2. The van der Waals surface area contributed by atoms with Gasteiger partial charge in [-0.3, -0.25) is 19.6 Å². The number of alkyl halides is 3. The molecule has 3 N–H and O–H groups in total. The van der Waals surface area contributed by atoms with Gasteiger partial charge in [-0.05, 0) is 59.3 Å². The number of nitrogens with two attached hydrogens (primary N) is 1. The van der Waals surface area contributed by atoms with Crippen LogP contribution < -0.4 is 5.73 Å². The second-order valence-electron chi connectivity index (χ2n) is 11.1. The summed E-state index contributed by atoms with van der Waals surface area (Å²) in [6.45, 7) is 5.09. The second-order valence-corrected chi connectivity index (χ2v) is 11.9. The predicted octanol–water partition coefficient (Wildman–Crippen LogP) is 5.18. The molecule has 0 spiro atoms. The van der Waals surface area contributed by atoms with Gasteiger partial charge < -0.3 is 25.2 Å². The van der Waals surface area contributed by atoms with Crippen LogP contribution in [-0.4, -0.2) is 76.2 Å². The van der Waals surface area contributed by atoms with E-state index in [9.17, 15) is 27.9 Å². The molecule has 1 unspecified atom stereocenters. The van der Waals surface area contributed by atoms with Crippen molar-refractivity contribution in [2.24, 2.45) is 16.6 Å². The van der Waals surface area contributed by atoms with Crippen LogP contribution in [0.25, 0.3) is 0 Å². The Kier molecular flexibility index (Phi) is 11.7. The molecule has 42 heavy (non-hydrogen) atoms. The van der Waals surface area contributed by atoms with Crippen molar-refractivity contribution in [3.63, 3.8) is 0 Å². The van der Waals surface area contributed by atoms with Crippen molar-refractivity contribution in [3.8, 4) is 0 Å². The summed E-state index contributed by atoms with van der Waals surface area (Å²) in [5.74, 6) is -1.87. The van der Waals surface area contributed by atoms with Gasteiger partial charge in [-0.15, -0.1) is 0 Å². The van der Waals surface area contributed by atoms with Crippen molar-refractivity contribution >= 4 is 40.8 Å². The number of nitrogens with zero attached hydrogens (tertiary/aromatic N) is 3. The number of halogens is 5. The lowest BCUT2D eigenvalue weighted by Crippen LogP contribution is -2.44. The molecule has 14 heteroatoms. The van der Waals surface area contributed by atoms with Gasteiger partial charge in [-0.2, -0.15) is 13.2 Å². The van der Waals surface area contributed by atoms with Gasteiger partial charge in [-0.1, -0.05) is 23.2 Å². The van der Waals surface area contributed by atoms with E-state index in [0.717, 1.165) is 4.90 Å². The number of rotatable bonds is 10. The summed E-state index contributed by atoms with van der Waals surface area (Å²) in [4.78, 5) is 34.7. The molecule has 0 aromatic carbocycles. The van der Waals surface area contributed by atoms with Crippen LogP contribution in [0.4, 0.5) is 13.2 Å². The second kappa shape index (κ2) is 14.4. The minimum absolute atomic E-state index is 0.0335. The smallest absolute Gasteiger partial charge is 0.433 e. The number of aromatic nitrogens is 1. The Balaban J connectivity index is 1.90. The summed E-state index contributed by atoms with van der Waals surface area (Å²) in [5.41, 5.74) is 2.99. The molecule has 234 valence electrons. The SMILES string of the molecule is CCOC(=O)C1CCC(N=C(C(=CN)C(=O)N(CC(O)c2c(Cl)cncc2Cl)C[C@H]2CCC(C)(C)O2)C(F)(F)F)CC1. The average molecular weight is 638 g/mol. The van der Waals surface area contributed by atoms with Gasteiger partial charge >= 0.3 is 12.1 Å². The molecule has 1 aliphatic heterocycles. The van der Waals surface area contributed by atoms with Crippen molar-refractivity contribution in [1.82, 2.24) is 9.88 Å². The van der Waals surface area contributed by atoms with E-state index >= 15 is 0 Å². The Labute approximate surface area is 253 Å². The van der Waals surface area contributed by atoms with E-state index in [1.165, 1.54) is 12.4 Å². The number of aliphatic hydroxyl groups excluding tert-OH is 1. The van der Waals surface area contributed by atoms with Crippen LogP contribution in [0.3, 0.4) is 0 Å². The third kappa shape index (κ3) is 8.81. The molecule has 0 bridgehead atoms. The highest BCUT2D eigenvalue weighted by atomic mass is 35.5. The zero-order valence-electron chi connectivity index (χ0n) is 23.8. The first-order valence-electron chi connectivity index (χ1n) is 13.8. The van der Waals surface area contributed by atoms with E-state index < -0.39 is 59.7 Å². The third-order valence-corrected chi connectivity index (χ3v) is 8.03. The van der Waals surface area contributed by atoms with E-state index in [0.29, 0.717) is 31.9 Å². The highest BCUT2D eigenvalue weighted by molar-refractivity contribution is 6.35. The first-order valence-corrected chi connectivity index (χ1v) is 14.6. The molecular formula is C28H37Cl2F3N4O5. The monoisotopic (exact) mass is 636 g/mol. The molecule has 0 radical (unpaired) electrons. The average Bonchev–Trinajstić information content (AvgIpc) is 3.25. The van der Waals surface area contributed by atoms with E-state index in [1.807, 2.05) is 13.8 Å². The molecule has 1 saturated carbocycles. The number of carbonyl (C=O) groups is 2. The molecule has 1 aromatic heterocycles. The van der Waals surface area contributed by atoms with Crippen molar-refractivity contribution < 1.29 is 37.3 Å². The summed E-state index contributed by atoms with van der Waals surface area (Å²) in [5, 5.41) is 11.1. The number of aliphatic hydroxyl groups is 1. The van der Waals surface area contributed by atoms with Gasteiger partial charge in [0.15, 0.2) is 5.71 Å². The van der Waals surface area contributed by atoms with Crippen LogP contribution in [0.5, 0.6) is 0 Å².